The summed E-state index contributed by atoms with van der Waals surface area (Å²) in [5, 5.41) is 8.67. The van der Waals surface area contributed by atoms with Crippen molar-refractivity contribution in [2.45, 2.75) is 96.7 Å². The monoisotopic (exact) mass is 651 g/mol. The quantitative estimate of drug-likeness (QED) is 0.235. The molecule has 3 aliphatic rings. The number of aromatic nitrogens is 3. The van der Waals surface area contributed by atoms with Gasteiger partial charge in [0, 0.05) is 29.0 Å². The normalized spacial score (nSPS) is 21.2. The van der Waals surface area contributed by atoms with Gasteiger partial charge in [0.15, 0.2) is 17.4 Å². The van der Waals surface area contributed by atoms with Gasteiger partial charge in [-0.2, -0.15) is 4.68 Å². The Morgan fingerprint density at radius 2 is 1.73 bits per heavy atom. The summed E-state index contributed by atoms with van der Waals surface area (Å²) in [7, 11) is 0. The summed E-state index contributed by atoms with van der Waals surface area (Å²) in [4.78, 5) is 46.8. The summed E-state index contributed by atoms with van der Waals surface area (Å²) in [5.74, 6) is 1.37. The van der Waals surface area contributed by atoms with E-state index in [0.29, 0.717) is 47.0 Å². The predicted octanol–water partition coefficient (Wildman–Crippen LogP) is 7.86. The van der Waals surface area contributed by atoms with Crippen molar-refractivity contribution >= 4 is 46.3 Å². The minimum Gasteiger partial charge on any atom is -0.489 e. The van der Waals surface area contributed by atoms with Gasteiger partial charge in [-0.1, -0.05) is 30.7 Å². The molecule has 1 aliphatic carbocycles. The molecule has 2 aromatic heterocycles. The Morgan fingerprint density at radius 1 is 1.00 bits per heavy atom. The van der Waals surface area contributed by atoms with Crippen LogP contribution in [0.1, 0.15) is 95.4 Å². The maximum absolute atomic E-state index is 14.2. The van der Waals surface area contributed by atoms with Crippen molar-refractivity contribution in [2.75, 3.05) is 16.8 Å². The number of imide groups is 1. The SMILES string of the molecule is CCC1COc2c1ccnc2Nc1nn(C(=O)OC(C)(C)C)c2cc([C@@H]3C[C@@]34C(=O)N(C(=O)OC(C)(C)C)c3ccc(C)cc34)ccc12. The van der Waals surface area contributed by atoms with Crippen molar-refractivity contribution in [3.63, 3.8) is 0 Å². The number of benzene rings is 2. The van der Waals surface area contributed by atoms with Crippen LogP contribution in [0.5, 0.6) is 5.75 Å². The van der Waals surface area contributed by atoms with Crippen LogP contribution >= 0.6 is 0 Å². The summed E-state index contributed by atoms with van der Waals surface area (Å²) < 4.78 is 18.7. The molecule has 0 radical (unpaired) electrons. The van der Waals surface area contributed by atoms with Crippen molar-refractivity contribution in [3.05, 3.63) is 70.9 Å². The molecule has 2 aromatic carbocycles. The molecule has 1 spiro atoms. The number of rotatable bonds is 4. The van der Waals surface area contributed by atoms with E-state index in [4.69, 9.17) is 14.2 Å². The van der Waals surface area contributed by atoms with Crippen LogP contribution in [0, 0.1) is 6.92 Å². The van der Waals surface area contributed by atoms with Crippen molar-refractivity contribution in [2.24, 2.45) is 0 Å². The van der Waals surface area contributed by atoms with Gasteiger partial charge in [0.1, 0.15) is 11.2 Å². The zero-order valence-electron chi connectivity index (χ0n) is 28.6. The fourth-order valence-corrected chi connectivity index (χ4v) is 6.95. The zero-order valence-corrected chi connectivity index (χ0v) is 28.6. The Labute approximate surface area is 279 Å². The van der Waals surface area contributed by atoms with E-state index in [-0.39, 0.29) is 17.7 Å². The van der Waals surface area contributed by atoms with E-state index in [2.05, 4.69) is 22.3 Å². The Hall–Kier alpha value is -4.93. The topological polar surface area (TPSA) is 125 Å². The van der Waals surface area contributed by atoms with Crippen LogP contribution in [0.2, 0.25) is 0 Å². The van der Waals surface area contributed by atoms with Gasteiger partial charge in [-0.25, -0.2) is 19.5 Å². The van der Waals surface area contributed by atoms with E-state index < -0.39 is 28.8 Å². The summed E-state index contributed by atoms with van der Waals surface area (Å²) >= 11 is 0. The van der Waals surface area contributed by atoms with Gasteiger partial charge >= 0.3 is 12.2 Å². The number of nitrogens with one attached hydrogen (secondary N) is 1. The molecule has 2 amide bonds. The lowest BCUT2D eigenvalue weighted by atomic mass is 9.91. The smallest absolute Gasteiger partial charge is 0.435 e. The molecule has 250 valence electrons. The van der Waals surface area contributed by atoms with Gasteiger partial charge in [0.05, 0.1) is 23.2 Å². The standard InChI is InChI=1S/C37H41N5O6/c1-9-21-19-46-29-23(21)14-15-38-31(29)39-30-24-12-11-22(17-28(24)42(40-30)34(45)48-36(6,7)8)26-18-37(26)25-16-20(2)10-13-27(25)41(32(37)43)33(44)47-35(3,4)5/h10-17,21,26H,9,18-19H2,1-8H3,(H,38,39,40)/t21?,26-,37-/m0/s1. The molecule has 11 heteroatoms. The molecular weight excluding hydrogens is 610 g/mol. The molecule has 0 saturated heterocycles. The lowest BCUT2D eigenvalue weighted by Crippen LogP contribution is -2.41. The number of carbonyl (C=O) groups excluding carboxylic acids is 3. The lowest BCUT2D eigenvalue weighted by Gasteiger charge is -2.24. The van der Waals surface area contributed by atoms with E-state index in [0.717, 1.165) is 28.7 Å². The second-order valence-electron chi connectivity index (χ2n) is 15.0. The first kappa shape index (κ1) is 31.7. The average molecular weight is 652 g/mol. The number of carbonyl (C=O) groups is 3. The average Bonchev–Trinajstić information content (AvgIpc) is 3.32. The molecule has 3 atom stereocenters. The number of fused-ring (bicyclic) bond motifs is 4. The number of anilines is 3. The Morgan fingerprint density at radius 3 is 2.44 bits per heavy atom. The lowest BCUT2D eigenvalue weighted by molar-refractivity contribution is -0.120. The molecule has 4 aromatic rings. The summed E-state index contributed by atoms with van der Waals surface area (Å²) in [5.41, 5.74) is 2.34. The van der Waals surface area contributed by atoms with Gasteiger partial charge in [-0.15, -0.1) is 5.10 Å². The molecule has 1 N–H and O–H groups in total. The zero-order chi connectivity index (χ0) is 34.3. The molecule has 11 nitrogen and oxygen atoms in total. The highest BCUT2D eigenvalue weighted by molar-refractivity contribution is 6.23. The molecule has 0 bridgehead atoms. The van der Waals surface area contributed by atoms with Crippen LogP contribution in [0.3, 0.4) is 0 Å². The molecule has 2 aliphatic heterocycles. The highest BCUT2D eigenvalue weighted by Crippen LogP contribution is 2.66. The minimum atomic E-state index is -0.925. The first-order valence-corrected chi connectivity index (χ1v) is 16.4. The van der Waals surface area contributed by atoms with Crippen molar-refractivity contribution in [3.8, 4) is 5.75 Å². The number of amides is 2. The highest BCUT2D eigenvalue weighted by Gasteiger charge is 2.68. The van der Waals surface area contributed by atoms with Gasteiger partial charge < -0.3 is 19.5 Å². The summed E-state index contributed by atoms with van der Waals surface area (Å²) in [6.45, 7) is 15.4. The van der Waals surface area contributed by atoms with Gasteiger partial charge in [0.2, 0.25) is 5.91 Å². The molecule has 1 unspecified atom stereocenters. The second kappa shape index (κ2) is 10.8. The molecule has 7 rings (SSSR count). The molecular formula is C37H41N5O6. The number of nitrogens with zero attached hydrogens (tertiary/aromatic N) is 4. The van der Waals surface area contributed by atoms with E-state index in [9.17, 15) is 14.4 Å². The predicted molar refractivity (Wildman–Crippen MR) is 181 cm³/mol. The molecule has 1 fully saturated rings. The maximum Gasteiger partial charge on any atom is 0.435 e. The molecule has 1 saturated carbocycles. The van der Waals surface area contributed by atoms with E-state index in [1.54, 1.807) is 47.7 Å². The van der Waals surface area contributed by atoms with Crippen molar-refractivity contribution in [1.29, 1.82) is 0 Å². The molecule has 4 heterocycles. The van der Waals surface area contributed by atoms with Crippen LogP contribution < -0.4 is 15.0 Å². The summed E-state index contributed by atoms with van der Waals surface area (Å²) in [6.07, 6.45) is 1.87. The van der Waals surface area contributed by atoms with Crippen molar-refractivity contribution in [1.82, 2.24) is 14.8 Å². The third-order valence-corrected chi connectivity index (χ3v) is 9.20. The Balaban J connectivity index is 1.29. The number of hydrogen-bond donors (Lipinski definition) is 1. The number of aryl methyl sites for hydroxylation is 1. The van der Waals surface area contributed by atoms with Crippen LogP contribution in [-0.4, -0.2) is 50.7 Å². The van der Waals surface area contributed by atoms with Crippen LogP contribution in [-0.2, 0) is 19.7 Å². The van der Waals surface area contributed by atoms with Crippen molar-refractivity contribution < 1.29 is 28.6 Å². The minimum absolute atomic E-state index is 0.237. The first-order chi connectivity index (χ1) is 22.6. The Kier molecular flexibility index (Phi) is 7.12. The number of pyridine rings is 1. The second-order valence-corrected chi connectivity index (χ2v) is 15.0. The largest absolute Gasteiger partial charge is 0.489 e. The van der Waals surface area contributed by atoms with Gasteiger partial charge in [0.25, 0.3) is 0 Å². The van der Waals surface area contributed by atoms with Crippen LogP contribution in [0.4, 0.5) is 26.9 Å². The third kappa shape index (κ3) is 5.16. The van der Waals surface area contributed by atoms with E-state index >= 15 is 0 Å². The number of ether oxygens (including phenoxy) is 3. The first-order valence-electron chi connectivity index (χ1n) is 16.4. The number of hydrogen-bond acceptors (Lipinski definition) is 9. The fourth-order valence-electron chi connectivity index (χ4n) is 6.95. The third-order valence-electron chi connectivity index (χ3n) is 9.20. The fraction of sp³-hybridized carbons (Fsp3) is 0.432. The van der Waals surface area contributed by atoms with Gasteiger partial charge in [-0.05, 0) is 96.7 Å². The highest BCUT2D eigenvalue weighted by atomic mass is 16.6. The molecule has 48 heavy (non-hydrogen) atoms. The maximum atomic E-state index is 14.2. The van der Waals surface area contributed by atoms with Crippen LogP contribution in [0.25, 0.3) is 10.9 Å². The van der Waals surface area contributed by atoms with E-state index in [1.807, 2.05) is 49.4 Å². The summed E-state index contributed by atoms with van der Waals surface area (Å²) in [6, 6.07) is 13.4. The van der Waals surface area contributed by atoms with Gasteiger partial charge in [-0.3, -0.25) is 4.79 Å². The van der Waals surface area contributed by atoms with E-state index in [1.165, 1.54) is 9.58 Å². The van der Waals surface area contributed by atoms with Crippen LogP contribution in [0.15, 0.2) is 48.7 Å². The Bertz CT molecular complexity index is 2000.